The Bertz CT molecular complexity index is 744. The van der Waals surface area contributed by atoms with Crippen molar-refractivity contribution in [3.63, 3.8) is 0 Å². The van der Waals surface area contributed by atoms with Crippen LogP contribution >= 0.6 is 23.2 Å². The molecule has 0 aliphatic rings. The molecule has 19 heavy (non-hydrogen) atoms. The number of rotatable bonds is 2. The van der Waals surface area contributed by atoms with Gasteiger partial charge in [0.25, 0.3) is 0 Å². The predicted octanol–water partition coefficient (Wildman–Crippen LogP) is 4.68. The molecule has 0 saturated carbocycles. The van der Waals surface area contributed by atoms with Crippen molar-refractivity contribution >= 4 is 45.6 Å². The van der Waals surface area contributed by atoms with Crippen LogP contribution in [0.25, 0.3) is 10.9 Å². The normalized spacial score (nSPS) is 10.6. The van der Waals surface area contributed by atoms with E-state index in [0.717, 1.165) is 16.6 Å². The number of hydrogen-bond donors (Lipinski definition) is 1. The molecule has 0 aliphatic heterocycles. The predicted molar refractivity (Wildman–Crippen MR) is 79.3 cm³/mol. The lowest BCUT2D eigenvalue weighted by molar-refractivity contribution is 1.22. The van der Waals surface area contributed by atoms with Crippen LogP contribution in [0, 0.1) is 0 Å². The highest BCUT2D eigenvalue weighted by atomic mass is 35.5. The number of nitrogens with one attached hydrogen (secondary N) is 1. The molecule has 0 saturated heterocycles. The molecule has 0 amide bonds. The van der Waals surface area contributed by atoms with Gasteiger partial charge < -0.3 is 5.32 Å². The third-order valence-electron chi connectivity index (χ3n) is 2.70. The van der Waals surface area contributed by atoms with Crippen molar-refractivity contribution in [3.05, 3.63) is 58.8 Å². The van der Waals surface area contributed by atoms with Crippen molar-refractivity contribution in [2.75, 3.05) is 5.32 Å². The van der Waals surface area contributed by atoms with Gasteiger partial charge in [-0.1, -0.05) is 35.3 Å². The Morgan fingerprint density at radius 3 is 2.63 bits per heavy atom. The van der Waals surface area contributed by atoms with E-state index in [9.17, 15) is 0 Å². The van der Waals surface area contributed by atoms with Gasteiger partial charge >= 0.3 is 0 Å². The van der Waals surface area contributed by atoms with Crippen molar-refractivity contribution in [1.29, 1.82) is 0 Å². The fourth-order valence-electron chi connectivity index (χ4n) is 1.85. The Morgan fingerprint density at radius 1 is 0.947 bits per heavy atom. The summed E-state index contributed by atoms with van der Waals surface area (Å²) in [7, 11) is 0. The SMILES string of the molecule is Clc1cccc(Nc2ncnc3c(Cl)cccc23)c1. The molecule has 0 unspecified atom stereocenters. The number of anilines is 2. The van der Waals surface area contributed by atoms with Crippen molar-refractivity contribution in [2.24, 2.45) is 0 Å². The molecule has 94 valence electrons. The summed E-state index contributed by atoms with van der Waals surface area (Å²) in [6, 6.07) is 13.1. The van der Waals surface area contributed by atoms with E-state index in [-0.39, 0.29) is 0 Å². The maximum Gasteiger partial charge on any atom is 0.141 e. The first-order chi connectivity index (χ1) is 9.24. The lowest BCUT2D eigenvalue weighted by Gasteiger charge is -2.09. The third-order valence-corrected chi connectivity index (χ3v) is 3.24. The molecule has 1 N–H and O–H groups in total. The summed E-state index contributed by atoms with van der Waals surface area (Å²) < 4.78 is 0. The van der Waals surface area contributed by atoms with E-state index in [4.69, 9.17) is 23.2 Å². The Hall–Kier alpha value is -1.84. The van der Waals surface area contributed by atoms with Gasteiger partial charge in [0, 0.05) is 16.1 Å². The first kappa shape index (κ1) is 12.2. The van der Waals surface area contributed by atoms with E-state index in [2.05, 4.69) is 15.3 Å². The van der Waals surface area contributed by atoms with Gasteiger partial charge in [-0.15, -0.1) is 0 Å². The van der Waals surface area contributed by atoms with Gasteiger partial charge in [-0.25, -0.2) is 9.97 Å². The standard InChI is InChI=1S/C14H9Cl2N3/c15-9-3-1-4-10(7-9)19-14-11-5-2-6-12(16)13(11)17-8-18-14/h1-8H,(H,17,18,19). The second-order valence-corrected chi connectivity index (χ2v) is 4.84. The number of hydrogen-bond acceptors (Lipinski definition) is 3. The number of halogens is 2. The van der Waals surface area contributed by atoms with Crippen molar-refractivity contribution in [2.45, 2.75) is 0 Å². The van der Waals surface area contributed by atoms with Crippen LogP contribution in [-0.2, 0) is 0 Å². The summed E-state index contributed by atoms with van der Waals surface area (Å²) in [5, 5.41) is 5.36. The number of nitrogens with zero attached hydrogens (tertiary/aromatic N) is 2. The minimum absolute atomic E-state index is 0.606. The van der Waals surface area contributed by atoms with Crippen LogP contribution in [0.5, 0.6) is 0 Å². The van der Waals surface area contributed by atoms with Crippen molar-refractivity contribution < 1.29 is 0 Å². The number of para-hydroxylation sites is 1. The molecule has 0 atom stereocenters. The summed E-state index contributed by atoms with van der Waals surface area (Å²) >= 11 is 12.1. The largest absolute Gasteiger partial charge is 0.340 e. The van der Waals surface area contributed by atoms with Gasteiger partial charge in [0.1, 0.15) is 12.1 Å². The molecule has 1 heterocycles. The fourth-order valence-corrected chi connectivity index (χ4v) is 2.27. The molecule has 3 rings (SSSR count). The van der Waals surface area contributed by atoms with Gasteiger partial charge in [-0.3, -0.25) is 0 Å². The van der Waals surface area contributed by atoms with Gasteiger partial charge in [0.05, 0.1) is 10.5 Å². The monoisotopic (exact) mass is 289 g/mol. The summed E-state index contributed by atoms with van der Waals surface area (Å²) in [6.07, 6.45) is 1.49. The molecule has 3 aromatic rings. The fraction of sp³-hybridized carbons (Fsp3) is 0. The lowest BCUT2D eigenvalue weighted by Crippen LogP contribution is -1.96. The average Bonchev–Trinajstić information content (AvgIpc) is 2.40. The maximum absolute atomic E-state index is 6.12. The molecule has 0 spiro atoms. The molecular weight excluding hydrogens is 281 g/mol. The van der Waals surface area contributed by atoms with Crippen LogP contribution < -0.4 is 5.32 Å². The second kappa shape index (κ2) is 5.03. The van der Waals surface area contributed by atoms with E-state index < -0.39 is 0 Å². The Kier molecular flexibility index (Phi) is 3.23. The first-order valence-electron chi connectivity index (χ1n) is 5.66. The molecule has 0 bridgehead atoms. The van der Waals surface area contributed by atoms with E-state index in [1.54, 1.807) is 6.07 Å². The lowest BCUT2D eigenvalue weighted by atomic mass is 10.2. The molecule has 1 aromatic heterocycles. The van der Waals surface area contributed by atoms with Crippen LogP contribution in [0.3, 0.4) is 0 Å². The molecular formula is C14H9Cl2N3. The molecule has 2 aromatic carbocycles. The summed E-state index contributed by atoms with van der Waals surface area (Å²) in [6.45, 7) is 0. The van der Waals surface area contributed by atoms with Crippen LogP contribution in [0.2, 0.25) is 10.0 Å². The highest BCUT2D eigenvalue weighted by Gasteiger charge is 2.06. The molecule has 0 radical (unpaired) electrons. The van der Waals surface area contributed by atoms with Crippen LogP contribution in [-0.4, -0.2) is 9.97 Å². The summed E-state index contributed by atoms with van der Waals surface area (Å²) in [5.41, 5.74) is 1.59. The van der Waals surface area contributed by atoms with Gasteiger partial charge in [0.2, 0.25) is 0 Å². The number of aromatic nitrogens is 2. The highest BCUT2D eigenvalue weighted by molar-refractivity contribution is 6.35. The van der Waals surface area contributed by atoms with Crippen LogP contribution in [0.15, 0.2) is 48.8 Å². The van der Waals surface area contributed by atoms with E-state index >= 15 is 0 Å². The number of fused-ring (bicyclic) bond motifs is 1. The zero-order valence-corrected chi connectivity index (χ0v) is 11.3. The number of benzene rings is 2. The topological polar surface area (TPSA) is 37.8 Å². The molecule has 5 heteroatoms. The van der Waals surface area contributed by atoms with E-state index in [0.29, 0.717) is 15.9 Å². The quantitative estimate of drug-likeness (QED) is 0.744. The minimum Gasteiger partial charge on any atom is -0.340 e. The van der Waals surface area contributed by atoms with Crippen molar-refractivity contribution in [3.8, 4) is 0 Å². The molecule has 3 nitrogen and oxygen atoms in total. The van der Waals surface area contributed by atoms with Crippen LogP contribution in [0.4, 0.5) is 11.5 Å². The van der Waals surface area contributed by atoms with Crippen LogP contribution in [0.1, 0.15) is 0 Å². The smallest absolute Gasteiger partial charge is 0.141 e. The van der Waals surface area contributed by atoms with E-state index in [1.165, 1.54) is 6.33 Å². The average molecular weight is 290 g/mol. The van der Waals surface area contributed by atoms with Gasteiger partial charge in [-0.2, -0.15) is 0 Å². The zero-order valence-electron chi connectivity index (χ0n) is 9.77. The van der Waals surface area contributed by atoms with Crippen molar-refractivity contribution in [1.82, 2.24) is 9.97 Å². The van der Waals surface area contributed by atoms with Gasteiger partial charge in [-0.05, 0) is 30.3 Å². The molecule has 0 aliphatic carbocycles. The van der Waals surface area contributed by atoms with Gasteiger partial charge in [0.15, 0.2) is 0 Å². The second-order valence-electron chi connectivity index (χ2n) is 3.99. The molecule has 0 fully saturated rings. The minimum atomic E-state index is 0.606. The maximum atomic E-state index is 6.12. The zero-order chi connectivity index (χ0) is 13.2. The Labute approximate surface area is 120 Å². The third kappa shape index (κ3) is 2.48. The first-order valence-corrected chi connectivity index (χ1v) is 6.41. The Balaban J connectivity index is 2.08. The van der Waals surface area contributed by atoms with E-state index in [1.807, 2.05) is 36.4 Å². The Morgan fingerprint density at radius 2 is 1.79 bits per heavy atom. The summed E-state index contributed by atoms with van der Waals surface area (Å²) in [4.78, 5) is 8.44. The highest BCUT2D eigenvalue weighted by Crippen LogP contribution is 2.27. The summed E-state index contributed by atoms with van der Waals surface area (Å²) in [5.74, 6) is 0.703.